The Hall–Kier alpha value is -1.31. The fraction of sp³-hybridized carbons (Fsp3) is 0.286. The minimum Gasteiger partial charge on any atom is -0.394 e. The third-order valence-electron chi connectivity index (χ3n) is 1.49. The minimum atomic E-state index is -0.462. The number of aliphatic hydroxyl groups excluding tert-OH is 1. The highest BCUT2D eigenvalue weighted by atomic mass is 16.3. The van der Waals surface area contributed by atoms with Crippen LogP contribution in [0.15, 0.2) is 12.3 Å². The zero-order valence-electron chi connectivity index (χ0n) is 5.91. The van der Waals surface area contributed by atoms with Crippen LogP contribution in [0.25, 0.3) is 0 Å². The van der Waals surface area contributed by atoms with Crippen molar-refractivity contribution in [3.8, 4) is 6.07 Å². The first-order chi connectivity index (χ1) is 5.29. The number of aromatic amines is 1. The van der Waals surface area contributed by atoms with Crippen molar-refractivity contribution in [2.75, 3.05) is 6.61 Å². The van der Waals surface area contributed by atoms with E-state index in [0.717, 1.165) is 0 Å². The molecule has 0 aliphatic rings. The van der Waals surface area contributed by atoms with Crippen LogP contribution in [0.5, 0.6) is 0 Å². The highest BCUT2D eigenvalue weighted by molar-refractivity contribution is 5.33. The van der Waals surface area contributed by atoms with Gasteiger partial charge in [-0.3, -0.25) is 0 Å². The van der Waals surface area contributed by atoms with E-state index in [1.165, 1.54) is 0 Å². The quantitative estimate of drug-likeness (QED) is 0.550. The van der Waals surface area contributed by atoms with Gasteiger partial charge in [0.1, 0.15) is 11.8 Å². The van der Waals surface area contributed by atoms with Gasteiger partial charge in [-0.1, -0.05) is 0 Å². The highest BCUT2D eigenvalue weighted by Crippen LogP contribution is 2.12. The van der Waals surface area contributed by atoms with Crippen LogP contribution in [-0.2, 0) is 0 Å². The lowest BCUT2D eigenvalue weighted by Crippen LogP contribution is -2.14. The van der Waals surface area contributed by atoms with Crippen LogP contribution in [0.4, 0.5) is 0 Å². The van der Waals surface area contributed by atoms with Crippen molar-refractivity contribution in [1.82, 2.24) is 4.98 Å². The van der Waals surface area contributed by atoms with Gasteiger partial charge in [-0.2, -0.15) is 5.26 Å². The molecule has 0 fully saturated rings. The Balaban J connectivity index is 2.95. The van der Waals surface area contributed by atoms with Gasteiger partial charge in [-0.05, 0) is 6.07 Å². The molecule has 4 nitrogen and oxygen atoms in total. The zero-order valence-corrected chi connectivity index (χ0v) is 5.91. The molecular weight excluding hydrogens is 142 g/mol. The molecule has 4 N–H and O–H groups in total. The molecule has 1 heterocycles. The average Bonchev–Trinajstić information content (AvgIpc) is 2.50. The van der Waals surface area contributed by atoms with E-state index in [1.807, 2.05) is 6.07 Å². The normalized spacial score (nSPS) is 12.5. The van der Waals surface area contributed by atoms with E-state index < -0.39 is 6.04 Å². The number of aliphatic hydroxyl groups is 1. The van der Waals surface area contributed by atoms with E-state index in [9.17, 15) is 0 Å². The van der Waals surface area contributed by atoms with Crippen LogP contribution in [0.3, 0.4) is 0 Å². The number of hydrogen-bond donors (Lipinski definition) is 3. The lowest BCUT2D eigenvalue weighted by atomic mass is 10.1. The average molecular weight is 151 g/mol. The van der Waals surface area contributed by atoms with Crippen LogP contribution in [0.1, 0.15) is 17.3 Å². The molecule has 0 saturated carbocycles. The first kappa shape index (κ1) is 7.79. The molecule has 1 aromatic rings. The molecule has 1 aromatic heterocycles. The molecule has 0 aliphatic heterocycles. The fourth-order valence-electron chi connectivity index (χ4n) is 0.886. The van der Waals surface area contributed by atoms with Crippen LogP contribution >= 0.6 is 0 Å². The van der Waals surface area contributed by atoms with Crippen molar-refractivity contribution in [1.29, 1.82) is 5.26 Å². The van der Waals surface area contributed by atoms with E-state index in [0.29, 0.717) is 11.3 Å². The Morgan fingerprint density at radius 2 is 2.55 bits per heavy atom. The number of nitriles is 1. The predicted octanol–water partition coefficient (Wildman–Crippen LogP) is -0.122. The molecule has 1 atom stereocenters. The first-order valence-electron chi connectivity index (χ1n) is 3.23. The van der Waals surface area contributed by atoms with Crippen molar-refractivity contribution >= 4 is 0 Å². The Labute approximate surface area is 64.3 Å². The van der Waals surface area contributed by atoms with Gasteiger partial charge in [0, 0.05) is 11.8 Å². The van der Waals surface area contributed by atoms with E-state index in [4.69, 9.17) is 16.1 Å². The van der Waals surface area contributed by atoms with Crippen molar-refractivity contribution in [2.45, 2.75) is 6.04 Å². The van der Waals surface area contributed by atoms with Gasteiger partial charge >= 0.3 is 0 Å². The third kappa shape index (κ3) is 1.40. The monoisotopic (exact) mass is 151 g/mol. The van der Waals surface area contributed by atoms with Gasteiger partial charge in [-0.15, -0.1) is 0 Å². The van der Waals surface area contributed by atoms with Gasteiger partial charge in [0.15, 0.2) is 0 Å². The molecule has 0 saturated heterocycles. The van der Waals surface area contributed by atoms with Crippen LogP contribution in [-0.4, -0.2) is 16.7 Å². The minimum absolute atomic E-state index is 0.146. The number of nitrogens with zero attached hydrogens (tertiary/aromatic N) is 1. The summed E-state index contributed by atoms with van der Waals surface area (Å²) in [4.78, 5) is 2.72. The van der Waals surface area contributed by atoms with Crippen molar-refractivity contribution in [3.63, 3.8) is 0 Å². The summed E-state index contributed by atoms with van der Waals surface area (Å²) in [5.41, 5.74) is 6.58. The van der Waals surface area contributed by atoms with Gasteiger partial charge in [-0.25, -0.2) is 0 Å². The van der Waals surface area contributed by atoms with E-state index >= 15 is 0 Å². The number of nitrogens with one attached hydrogen (secondary N) is 1. The lowest BCUT2D eigenvalue weighted by molar-refractivity contribution is 0.268. The van der Waals surface area contributed by atoms with Crippen molar-refractivity contribution in [2.24, 2.45) is 5.73 Å². The molecule has 4 heteroatoms. The predicted molar refractivity (Wildman–Crippen MR) is 39.5 cm³/mol. The molecule has 58 valence electrons. The largest absolute Gasteiger partial charge is 0.394 e. The van der Waals surface area contributed by atoms with Crippen molar-refractivity contribution < 1.29 is 5.11 Å². The topological polar surface area (TPSA) is 85.8 Å². The SMILES string of the molecule is N#Cc1[nH]ccc1[C@@H](N)CO. The van der Waals surface area contributed by atoms with Gasteiger partial charge in [0.25, 0.3) is 0 Å². The third-order valence-corrected chi connectivity index (χ3v) is 1.49. The molecule has 0 bridgehead atoms. The number of nitrogens with two attached hydrogens (primary N) is 1. The van der Waals surface area contributed by atoms with Crippen LogP contribution in [0, 0.1) is 11.3 Å². The van der Waals surface area contributed by atoms with Crippen LogP contribution in [0.2, 0.25) is 0 Å². The van der Waals surface area contributed by atoms with Gasteiger partial charge in [0.05, 0.1) is 12.6 Å². The molecule has 0 unspecified atom stereocenters. The fourth-order valence-corrected chi connectivity index (χ4v) is 0.886. The molecule has 0 radical (unpaired) electrons. The number of aromatic nitrogens is 1. The Morgan fingerprint density at radius 3 is 3.09 bits per heavy atom. The van der Waals surface area contributed by atoms with Crippen LogP contribution < -0.4 is 5.73 Å². The molecule has 0 amide bonds. The molecular formula is C7H9N3O. The second kappa shape index (κ2) is 3.19. The smallest absolute Gasteiger partial charge is 0.122 e. The Morgan fingerprint density at radius 1 is 1.82 bits per heavy atom. The summed E-state index contributed by atoms with van der Waals surface area (Å²) in [6, 6.07) is 3.18. The summed E-state index contributed by atoms with van der Waals surface area (Å²) in [6.07, 6.45) is 1.63. The second-order valence-corrected chi connectivity index (χ2v) is 2.21. The van der Waals surface area contributed by atoms with Gasteiger partial charge in [0.2, 0.25) is 0 Å². The van der Waals surface area contributed by atoms with E-state index in [-0.39, 0.29) is 6.61 Å². The van der Waals surface area contributed by atoms with Crippen molar-refractivity contribution in [3.05, 3.63) is 23.5 Å². The lowest BCUT2D eigenvalue weighted by Gasteiger charge is -2.04. The first-order valence-corrected chi connectivity index (χ1v) is 3.23. The molecule has 0 aromatic carbocycles. The standard InChI is InChI=1S/C7H9N3O/c8-3-7-5(1-2-10-7)6(9)4-11/h1-2,6,10-11H,4,9H2/t6-/m0/s1. The summed E-state index contributed by atoms with van der Waals surface area (Å²) < 4.78 is 0. The number of hydrogen-bond acceptors (Lipinski definition) is 3. The number of rotatable bonds is 2. The molecule has 11 heavy (non-hydrogen) atoms. The maximum absolute atomic E-state index is 8.68. The summed E-state index contributed by atoms with van der Waals surface area (Å²) in [7, 11) is 0. The second-order valence-electron chi connectivity index (χ2n) is 2.21. The maximum atomic E-state index is 8.68. The summed E-state index contributed by atoms with van der Waals surface area (Å²) in [5, 5.41) is 17.2. The van der Waals surface area contributed by atoms with E-state index in [1.54, 1.807) is 12.3 Å². The highest BCUT2D eigenvalue weighted by Gasteiger charge is 2.09. The Kier molecular flexibility index (Phi) is 2.26. The molecule has 0 aliphatic carbocycles. The Bertz CT molecular complexity index is 273. The zero-order chi connectivity index (χ0) is 8.27. The summed E-state index contributed by atoms with van der Waals surface area (Å²) >= 11 is 0. The summed E-state index contributed by atoms with van der Waals surface area (Å²) in [5.74, 6) is 0. The molecule has 1 rings (SSSR count). The summed E-state index contributed by atoms with van der Waals surface area (Å²) in [6.45, 7) is -0.146. The maximum Gasteiger partial charge on any atom is 0.122 e. The number of H-pyrrole nitrogens is 1. The van der Waals surface area contributed by atoms with Gasteiger partial charge < -0.3 is 15.8 Å². The van der Waals surface area contributed by atoms with E-state index in [2.05, 4.69) is 4.98 Å². The molecule has 0 spiro atoms.